The average molecular weight is 352 g/mol. The number of hydrogen-bond donors (Lipinski definition) is 1. The van der Waals surface area contributed by atoms with Crippen molar-refractivity contribution in [2.24, 2.45) is 0 Å². The van der Waals surface area contributed by atoms with Crippen molar-refractivity contribution in [3.8, 4) is 5.75 Å². The molecular formula is C22H28N2O2. The van der Waals surface area contributed by atoms with Crippen molar-refractivity contribution in [2.45, 2.75) is 39.0 Å². The summed E-state index contributed by atoms with van der Waals surface area (Å²) < 4.78 is 11.5. The number of rotatable bonds is 5. The first-order chi connectivity index (χ1) is 12.6. The van der Waals surface area contributed by atoms with E-state index >= 15 is 0 Å². The fourth-order valence-electron chi connectivity index (χ4n) is 3.89. The number of ether oxygens (including phenoxy) is 2. The highest BCUT2D eigenvalue weighted by Gasteiger charge is 2.29. The topological polar surface area (TPSA) is 33.7 Å². The van der Waals surface area contributed by atoms with Gasteiger partial charge in [-0.2, -0.15) is 0 Å². The summed E-state index contributed by atoms with van der Waals surface area (Å²) in [5.74, 6) is 1.04. The van der Waals surface area contributed by atoms with Gasteiger partial charge in [-0.15, -0.1) is 0 Å². The molecule has 0 unspecified atom stereocenters. The average Bonchev–Trinajstić information content (AvgIpc) is 2.96. The molecule has 0 saturated carbocycles. The molecule has 26 heavy (non-hydrogen) atoms. The lowest BCUT2D eigenvalue weighted by Crippen LogP contribution is -2.37. The van der Waals surface area contributed by atoms with Crippen molar-refractivity contribution in [3.63, 3.8) is 0 Å². The molecule has 2 aliphatic heterocycles. The maximum Gasteiger partial charge on any atom is 0.123 e. The van der Waals surface area contributed by atoms with Gasteiger partial charge < -0.3 is 19.7 Å². The van der Waals surface area contributed by atoms with Gasteiger partial charge in [0, 0.05) is 38.3 Å². The number of fused-ring (bicyclic) bond motifs is 1. The molecule has 2 heterocycles. The Balaban J connectivity index is 1.39. The summed E-state index contributed by atoms with van der Waals surface area (Å²) in [4.78, 5) is 2.43. The lowest BCUT2D eigenvalue weighted by Gasteiger charge is -2.30. The molecule has 0 bridgehead atoms. The summed E-state index contributed by atoms with van der Waals surface area (Å²) in [6.45, 7) is 9.60. The number of benzene rings is 2. The highest BCUT2D eigenvalue weighted by molar-refractivity contribution is 5.54. The Morgan fingerprint density at radius 2 is 1.85 bits per heavy atom. The third kappa shape index (κ3) is 3.87. The van der Waals surface area contributed by atoms with Gasteiger partial charge in [0.15, 0.2) is 0 Å². The molecule has 0 amide bonds. The van der Waals surface area contributed by atoms with E-state index in [9.17, 15) is 0 Å². The fraction of sp³-hybridized carbons (Fsp3) is 0.455. The molecule has 4 rings (SSSR count). The highest BCUT2D eigenvalue weighted by atomic mass is 16.5. The number of hydrogen-bond acceptors (Lipinski definition) is 4. The summed E-state index contributed by atoms with van der Waals surface area (Å²) in [5, 5.41) is 3.61. The van der Waals surface area contributed by atoms with Crippen LogP contribution in [-0.4, -0.2) is 31.9 Å². The lowest BCUT2D eigenvalue weighted by atomic mass is 10.0. The van der Waals surface area contributed by atoms with Crippen LogP contribution in [0.5, 0.6) is 5.75 Å². The van der Waals surface area contributed by atoms with Crippen molar-refractivity contribution in [3.05, 3.63) is 59.2 Å². The van der Waals surface area contributed by atoms with Gasteiger partial charge in [0.05, 0.1) is 13.2 Å². The monoisotopic (exact) mass is 352 g/mol. The minimum atomic E-state index is -0.0779. The van der Waals surface area contributed by atoms with Crippen LogP contribution in [0.25, 0.3) is 0 Å². The SMILES string of the molecule is CC1(C)Cc2cc(CNCc3ccccc3N3CCOCC3)ccc2O1. The fourth-order valence-corrected chi connectivity index (χ4v) is 3.89. The van der Waals surface area contributed by atoms with Crippen LogP contribution in [0.2, 0.25) is 0 Å². The summed E-state index contributed by atoms with van der Waals surface area (Å²) >= 11 is 0. The standard InChI is InChI=1S/C22H28N2O2/c1-22(2)14-19-13-17(7-8-21(19)26-22)15-23-16-18-5-3-4-6-20(18)24-9-11-25-12-10-24/h3-8,13,23H,9-12,14-16H2,1-2H3. The quantitative estimate of drug-likeness (QED) is 0.893. The number of morpholine rings is 1. The molecule has 1 saturated heterocycles. The molecular weight excluding hydrogens is 324 g/mol. The van der Waals surface area contributed by atoms with Gasteiger partial charge in [-0.3, -0.25) is 0 Å². The maximum absolute atomic E-state index is 5.97. The normalized spacial score (nSPS) is 18.5. The molecule has 2 aromatic rings. The smallest absolute Gasteiger partial charge is 0.123 e. The zero-order valence-electron chi connectivity index (χ0n) is 15.8. The summed E-state index contributed by atoms with van der Waals surface area (Å²) in [5.41, 5.74) is 5.23. The molecule has 1 N–H and O–H groups in total. The van der Waals surface area contributed by atoms with Crippen molar-refractivity contribution >= 4 is 5.69 Å². The molecule has 0 spiro atoms. The van der Waals surface area contributed by atoms with E-state index in [0.717, 1.165) is 51.6 Å². The molecule has 0 atom stereocenters. The minimum absolute atomic E-state index is 0.0779. The third-order valence-electron chi connectivity index (χ3n) is 5.12. The Morgan fingerprint density at radius 3 is 2.69 bits per heavy atom. The van der Waals surface area contributed by atoms with Crippen LogP contribution < -0.4 is 15.0 Å². The summed E-state index contributed by atoms with van der Waals surface area (Å²) in [7, 11) is 0. The van der Waals surface area contributed by atoms with Crippen LogP contribution in [0.1, 0.15) is 30.5 Å². The van der Waals surface area contributed by atoms with Crippen molar-refractivity contribution in [1.82, 2.24) is 5.32 Å². The minimum Gasteiger partial charge on any atom is -0.487 e. The zero-order chi connectivity index (χ0) is 18.0. The number of nitrogens with zero attached hydrogens (tertiary/aromatic N) is 1. The first kappa shape index (κ1) is 17.4. The van der Waals surface area contributed by atoms with Gasteiger partial charge in [0.25, 0.3) is 0 Å². The molecule has 1 fully saturated rings. The molecule has 0 aromatic heterocycles. The van der Waals surface area contributed by atoms with Crippen LogP contribution in [-0.2, 0) is 24.2 Å². The van der Waals surface area contributed by atoms with Gasteiger partial charge in [0.2, 0.25) is 0 Å². The molecule has 2 aromatic carbocycles. The number of anilines is 1. The highest BCUT2D eigenvalue weighted by Crippen LogP contribution is 2.35. The Morgan fingerprint density at radius 1 is 1.04 bits per heavy atom. The first-order valence-electron chi connectivity index (χ1n) is 9.53. The molecule has 4 nitrogen and oxygen atoms in total. The van der Waals surface area contributed by atoms with Crippen LogP contribution in [0.4, 0.5) is 5.69 Å². The molecule has 0 radical (unpaired) electrons. The van der Waals surface area contributed by atoms with Crippen LogP contribution >= 0.6 is 0 Å². The van der Waals surface area contributed by atoms with E-state index in [1.807, 2.05) is 0 Å². The summed E-state index contributed by atoms with van der Waals surface area (Å²) in [6, 6.07) is 15.2. The second-order valence-corrected chi connectivity index (χ2v) is 7.81. The Hall–Kier alpha value is -2.04. The van der Waals surface area contributed by atoms with Crippen LogP contribution in [0, 0.1) is 0 Å². The first-order valence-corrected chi connectivity index (χ1v) is 9.53. The van der Waals surface area contributed by atoms with E-state index in [-0.39, 0.29) is 5.60 Å². The van der Waals surface area contributed by atoms with E-state index in [0.29, 0.717) is 0 Å². The lowest BCUT2D eigenvalue weighted by molar-refractivity contribution is 0.122. The third-order valence-corrected chi connectivity index (χ3v) is 5.12. The molecule has 138 valence electrons. The van der Waals surface area contributed by atoms with Gasteiger partial charge in [-0.25, -0.2) is 0 Å². The molecule has 0 aliphatic carbocycles. The second kappa shape index (κ2) is 7.29. The predicted octanol–water partition coefficient (Wildman–Crippen LogP) is 3.53. The molecule has 2 aliphatic rings. The van der Waals surface area contributed by atoms with Gasteiger partial charge in [-0.05, 0) is 42.7 Å². The van der Waals surface area contributed by atoms with E-state index in [1.165, 1.54) is 22.4 Å². The number of nitrogens with one attached hydrogen (secondary N) is 1. The zero-order valence-corrected chi connectivity index (χ0v) is 15.8. The van der Waals surface area contributed by atoms with E-state index in [2.05, 4.69) is 66.5 Å². The van der Waals surface area contributed by atoms with Crippen molar-refractivity contribution in [1.29, 1.82) is 0 Å². The van der Waals surface area contributed by atoms with Gasteiger partial charge >= 0.3 is 0 Å². The summed E-state index contributed by atoms with van der Waals surface area (Å²) in [6.07, 6.45) is 0.982. The van der Waals surface area contributed by atoms with Crippen molar-refractivity contribution in [2.75, 3.05) is 31.2 Å². The van der Waals surface area contributed by atoms with Gasteiger partial charge in [-0.1, -0.05) is 30.3 Å². The largest absolute Gasteiger partial charge is 0.487 e. The molecule has 4 heteroatoms. The van der Waals surface area contributed by atoms with Gasteiger partial charge in [0.1, 0.15) is 11.4 Å². The Kier molecular flexibility index (Phi) is 4.88. The van der Waals surface area contributed by atoms with E-state index in [4.69, 9.17) is 9.47 Å². The Bertz CT molecular complexity index is 766. The Labute approximate surface area is 156 Å². The predicted molar refractivity (Wildman–Crippen MR) is 105 cm³/mol. The van der Waals surface area contributed by atoms with Crippen molar-refractivity contribution < 1.29 is 9.47 Å². The maximum atomic E-state index is 5.97. The second-order valence-electron chi connectivity index (χ2n) is 7.81. The number of para-hydroxylation sites is 1. The van der Waals surface area contributed by atoms with Crippen LogP contribution in [0.15, 0.2) is 42.5 Å². The van der Waals surface area contributed by atoms with E-state index in [1.54, 1.807) is 0 Å². The van der Waals surface area contributed by atoms with E-state index < -0.39 is 0 Å². The van der Waals surface area contributed by atoms with Crippen LogP contribution in [0.3, 0.4) is 0 Å².